The molecule has 1 heterocycles. The molecule has 1 aromatic carbocycles. The minimum Gasteiger partial charge on any atom is -0.465 e. The van der Waals surface area contributed by atoms with E-state index in [1.807, 2.05) is 30.3 Å². The summed E-state index contributed by atoms with van der Waals surface area (Å²) in [5, 5.41) is 29.2. The van der Waals surface area contributed by atoms with E-state index >= 15 is 0 Å². The molecular formula is C13H17NO4. The molecule has 0 saturated carbocycles. The van der Waals surface area contributed by atoms with Gasteiger partial charge >= 0.3 is 6.09 Å². The largest absolute Gasteiger partial charge is 0.465 e. The van der Waals surface area contributed by atoms with Crippen molar-refractivity contribution in [3.05, 3.63) is 35.9 Å². The van der Waals surface area contributed by atoms with Gasteiger partial charge in [0.25, 0.3) is 0 Å². The predicted molar refractivity (Wildman–Crippen MR) is 65.3 cm³/mol. The van der Waals surface area contributed by atoms with Gasteiger partial charge in [-0.1, -0.05) is 30.3 Å². The third-order valence-corrected chi connectivity index (χ3v) is 3.45. The summed E-state index contributed by atoms with van der Waals surface area (Å²) in [6, 6.07) is 9.40. The zero-order chi connectivity index (χ0) is 13.2. The number of amides is 1. The van der Waals surface area contributed by atoms with Crippen LogP contribution in [0.1, 0.15) is 12.0 Å². The molecule has 1 amide bonds. The Kier molecular flexibility index (Phi) is 3.54. The molecule has 0 spiro atoms. The first kappa shape index (κ1) is 12.9. The van der Waals surface area contributed by atoms with Crippen LogP contribution in [-0.4, -0.2) is 51.1 Å². The maximum absolute atomic E-state index is 10.8. The first-order chi connectivity index (χ1) is 8.51. The molecule has 3 N–H and O–H groups in total. The van der Waals surface area contributed by atoms with E-state index in [0.717, 1.165) is 10.5 Å². The molecule has 1 saturated heterocycles. The third kappa shape index (κ3) is 2.63. The van der Waals surface area contributed by atoms with Crippen LogP contribution in [0.25, 0.3) is 0 Å². The summed E-state index contributed by atoms with van der Waals surface area (Å²) in [7, 11) is 0. The molecule has 0 radical (unpaired) electrons. The van der Waals surface area contributed by atoms with Crippen LogP contribution in [0.4, 0.5) is 4.79 Å². The van der Waals surface area contributed by atoms with Crippen molar-refractivity contribution in [3.8, 4) is 0 Å². The normalized spacial score (nSPS) is 28.1. The SMILES string of the molecule is O=C(O)N1CC[C@@](O)(Cc2ccccc2)[C@@H](O)C1. The Balaban J connectivity index is 2.06. The van der Waals surface area contributed by atoms with Gasteiger partial charge < -0.3 is 20.2 Å². The van der Waals surface area contributed by atoms with E-state index in [9.17, 15) is 15.0 Å². The Bertz CT molecular complexity index is 422. The molecular weight excluding hydrogens is 234 g/mol. The molecule has 0 aliphatic carbocycles. The van der Waals surface area contributed by atoms with Crippen molar-refractivity contribution in [3.63, 3.8) is 0 Å². The average Bonchev–Trinajstić information content (AvgIpc) is 2.34. The summed E-state index contributed by atoms with van der Waals surface area (Å²) in [5.74, 6) is 0. The van der Waals surface area contributed by atoms with Crippen molar-refractivity contribution < 1.29 is 20.1 Å². The fourth-order valence-corrected chi connectivity index (χ4v) is 2.29. The van der Waals surface area contributed by atoms with Gasteiger partial charge in [0.2, 0.25) is 0 Å². The minimum absolute atomic E-state index is 0.0430. The summed E-state index contributed by atoms with van der Waals surface area (Å²) in [4.78, 5) is 11.9. The van der Waals surface area contributed by atoms with Crippen molar-refractivity contribution >= 4 is 6.09 Å². The Morgan fingerprint density at radius 2 is 2.06 bits per heavy atom. The number of carbonyl (C=O) groups is 1. The van der Waals surface area contributed by atoms with E-state index in [0.29, 0.717) is 6.42 Å². The van der Waals surface area contributed by atoms with Crippen LogP contribution in [-0.2, 0) is 6.42 Å². The van der Waals surface area contributed by atoms with Crippen LogP contribution in [0.3, 0.4) is 0 Å². The molecule has 1 fully saturated rings. The lowest BCUT2D eigenvalue weighted by atomic mass is 9.83. The Labute approximate surface area is 105 Å². The number of rotatable bonds is 2. The number of hydrogen-bond donors (Lipinski definition) is 3. The Hall–Kier alpha value is -1.59. The predicted octanol–water partition coefficient (Wildman–Crippen LogP) is 0.705. The van der Waals surface area contributed by atoms with Gasteiger partial charge in [-0.05, 0) is 12.0 Å². The fraction of sp³-hybridized carbons (Fsp3) is 0.462. The van der Waals surface area contributed by atoms with Gasteiger partial charge in [-0.15, -0.1) is 0 Å². The van der Waals surface area contributed by atoms with Gasteiger partial charge in [0, 0.05) is 13.0 Å². The molecule has 2 atom stereocenters. The van der Waals surface area contributed by atoms with E-state index in [1.54, 1.807) is 0 Å². The van der Waals surface area contributed by atoms with Gasteiger partial charge in [0.15, 0.2) is 0 Å². The zero-order valence-electron chi connectivity index (χ0n) is 9.99. The number of benzene rings is 1. The molecule has 1 aliphatic rings. The first-order valence-electron chi connectivity index (χ1n) is 5.93. The molecule has 5 heteroatoms. The van der Waals surface area contributed by atoms with Crippen LogP contribution in [0.5, 0.6) is 0 Å². The second-order valence-corrected chi connectivity index (χ2v) is 4.76. The second-order valence-electron chi connectivity index (χ2n) is 4.76. The number of nitrogens with zero attached hydrogens (tertiary/aromatic N) is 1. The summed E-state index contributed by atoms with van der Waals surface area (Å²) in [6.45, 7) is 0.203. The number of β-amino-alcohol motifs (C(OH)–C–C–N with tert-alkyl or cyclic N) is 1. The number of likely N-dealkylation sites (tertiary alicyclic amines) is 1. The van der Waals surface area contributed by atoms with Gasteiger partial charge in [-0.25, -0.2) is 4.79 Å². The van der Waals surface area contributed by atoms with Gasteiger partial charge in [0.05, 0.1) is 12.1 Å². The topological polar surface area (TPSA) is 81.0 Å². The smallest absolute Gasteiger partial charge is 0.407 e. The van der Waals surface area contributed by atoms with E-state index in [1.165, 1.54) is 0 Å². The van der Waals surface area contributed by atoms with E-state index < -0.39 is 17.8 Å². The van der Waals surface area contributed by atoms with E-state index in [-0.39, 0.29) is 19.5 Å². The van der Waals surface area contributed by atoms with Gasteiger partial charge in [-0.2, -0.15) is 0 Å². The monoisotopic (exact) mass is 251 g/mol. The highest BCUT2D eigenvalue weighted by molar-refractivity contribution is 5.65. The number of hydrogen-bond acceptors (Lipinski definition) is 3. The number of aliphatic hydroxyl groups excluding tert-OH is 1. The summed E-state index contributed by atoms with van der Waals surface area (Å²) in [6.07, 6.45) is -1.53. The molecule has 0 bridgehead atoms. The Morgan fingerprint density at radius 1 is 1.39 bits per heavy atom. The van der Waals surface area contributed by atoms with Crippen LogP contribution in [0, 0.1) is 0 Å². The van der Waals surface area contributed by atoms with Crippen molar-refractivity contribution in [1.82, 2.24) is 4.90 Å². The van der Waals surface area contributed by atoms with Crippen LogP contribution in [0.15, 0.2) is 30.3 Å². The Morgan fingerprint density at radius 3 is 2.61 bits per heavy atom. The molecule has 5 nitrogen and oxygen atoms in total. The summed E-state index contributed by atoms with van der Waals surface area (Å²) in [5.41, 5.74) is -0.310. The standard InChI is InChI=1S/C13H17NO4/c15-11-9-14(12(16)17)7-6-13(11,18)8-10-4-2-1-3-5-10/h1-5,11,15,18H,6-9H2,(H,16,17)/t11-,13+/m0/s1. The summed E-state index contributed by atoms with van der Waals surface area (Å²) < 4.78 is 0. The molecule has 2 rings (SSSR count). The first-order valence-corrected chi connectivity index (χ1v) is 5.93. The third-order valence-electron chi connectivity index (χ3n) is 3.45. The van der Waals surface area contributed by atoms with Crippen molar-refractivity contribution in [1.29, 1.82) is 0 Å². The molecule has 18 heavy (non-hydrogen) atoms. The van der Waals surface area contributed by atoms with Gasteiger partial charge in [-0.3, -0.25) is 0 Å². The van der Waals surface area contributed by atoms with Gasteiger partial charge in [0.1, 0.15) is 6.10 Å². The van der Waals surface area contributed by atoms with Crippen molar-refractivity contribution in [2.24, 2.45) is 0 Å². The minimum atomic E-state index is -1.24. The molecule has 1 aliphatic heterocycles. The van der Waals surface area contributed by atoms with E-state index in [2.05, 4.69) is 0 Å². The van der Waals surface area contributed by atoms with Crippen LogP contribution in [0.2, 0.25) is 0 Å². The number of carboxylic acid groups (broad SMARTS) is 1. The summed E-state index contributed by atoms with van der Waals surface area (Å²) >= 11 is 0. The van der Waals surface area contributed by atoms with Crippen molar-refractivity contribution in [2.75, 3.05) is 13.1 Å². The van der Waals surface area contributed by atoms with Crippen LogP contribution >= 0.6 is 0 Å². The molecule has 1 aromatic rings. The maximum Gasteiger partial charge on any atom is 0.407 e. The lowest BCUT2D eigenvalue weighted by molar-refractivity contribution is -0.113. The lowest BCUT2D eigenvalue weighted by Crippen LogP contribution is -2.57. The number of piperidine rings is 1. The average molecular weight is 251 g/mol. The van der Waals surface area contributed by atoms with Crippen LogP contribution < -0.4 is 0 Å². The highest BCUT2D eigenvalue weighted by atomic mass is 16.4. The number of aliphatic hydroxyl groups is 2. The molecule has 0 unspecified atom stereocenters. The van der Waals surface area contributed by atoms with Crippen molar-refractivity contribution in [2.45, 2.75) is 24.5 Å². The lowest BCUT2D eigenvalue weighted by Gasteiger charge is -2.41. The second kappa shape index (κ2) is 4.96. The highest BCUT2D eigenvalue weighted by Crippen LogP contribution is 2.26. The highest BCUT2D eigenvalue weighted by Gasteiger charge is 2.41. The van der Waals surface area contributed by atoms with E-state index in [4.69, 9.17) is 5.11 Å². The molecule has 0 aromatic heterocycles. The zero-order valence-corrected chi connectivity index (χ0v) is 9.99. The fourth-order valence-electron chi connectivity index (χ4n) is 2.29. The maximum atomic E-state index is 10.8. The quantitative estimate of drug-likeness (QED) is 0.723. The molecule has 98 valence electrons.